The van der Waals surface area contributed by atoms with Gasteiger partial charge in [-0.2, -0.15) is 5.10 Å². The van der Waals surface area contributed by atoms with Gasteiger partial charge in [0.05, 0.1) is 25.5 Å². The maximum absolute atomic E-state index is 12.3. The van der Waals surface area contributed by atoms with Crippen molar-refractivity contribution in [3.05, 3.63) is 45.8 Å². The van der Waals surface area contributed by atoms with E-state index in [1.54, 1.807) is 38.3 Å². The van der Waals surface area contributed by atoms with Gasteiger partial charge in [0.15, 0.2) is 0 Å². The van der Waals surface area contributed by atoms with Gasteiger partial charge in [0.1, 0.15) is 10.8 Å². The van der Waals surface area contributed by atoms with Gasteiger partial charge in [-0.25, -0.2) is 10.2 Å². The summed E-state index contributed by atoms with van der Waals surface area (Å²) in [6.45, 7) is 1.95. The van der Waals surface area contributed by atoms with E-state index in [0.29, 0.717) is 21.9 Å². The summed E-state index contributed by atoms with van der Waals surface area (Å²) in [5, 5.41) is 6.64. The lowest BCUT2D eigenvalue weighted by Crippen LogP contribution is -2.32. The minimum atomic E-state index is -0.937. The Bertz CT molecular complexity index is 967. The normalized spacial score (nSPS) is 12.5. The summed E-state index contributed by atoms with van der Waals surface area (Å²) in [6, 6.07) is 7.07. The largest absolute Gasteiger partial charge is 0.497 e. The maximum Gasteiger partial charge on any atom is 0.341 e. The minimum absolute atomic E-state index is 0.232. The van der Waals surface area contributed by atoms with E-state index >= 15 is 0 Å². The number of rotatable bonds is 6. The monoisotopic (exact) mass is 415 g/mol. The van der Waals surface area contributed by atoms with E-state index in [-0.39, 0.29) is 6.61 Å². The van der Waals surface area contributed by atoms with Gasteiger partial charge in [0.25, 0.3) is 0 Å². The van der Waals surface area contributed by atoms with Gasteiger partial charge in [-0.05, 0) is 49.4 Å². The van der Waals surface area contributed by atoms with E-state index < -0.39 is 17.8 Å². The molecule has 29 heavy (non-hydrogen) atoms. The Morgan fingerprint density at radius 1 is 1.24 bits per heavy atom. The van der Waals surface area contributed by atoms with E-state index in [9.17, 15) is 14.4 Å². The highest BCUT2D eigenvalue weighted by molar-refractivity contribution is 7.17. The van der Waals surface area contributed by atoms with Crippen molar-refractivity contribution in [1.29, 1.82) is 0 Å². The molecule has 2 N–H and O–H groups in total. The van der Waals surface area contributed by atoms with Crippen LogP contribution in [0.4, 0.5) is 5.00 Å². The van der Waals surface area contributed by atoms with Crippen LogP contribution in [0.5, 0.6) is 5.75 Å². The van der Waals surface area contributed by atoms with Crippen LogP contribution in [0.2, 0.25) is 0 Å². The molecule has 1 aromatic heterocycles. The third-order valence-electron chi connectivity index (χ3n) is 4.31. The van der Waals surface area contributed by atoms with Crippen molar-refractivity contribution >= 4 is 40.3 Å². The predicted octanol–water partition coefficient (Wildman–Crippen LogP) is 2.51. The first kappa shape index (κ1) is 20.5. The summed E-state index contributed by atoms with van der Waals surface area (Å²) in [7, 11) is 1.55. The molecule has 0 aliphatic heterocycles. The number of carbonyl (C=O) groups excluding carboxylic acids is 3. The van der Waals surface area contributed by atoms with Crippen LogP contribution in [0.25, 0.3) is 0 Å². The number of ether oxygens (including phenoxy) is 2. The zero-order valence-electron chi connectivity index (χ0n) is 16.1. The van der Waals surface area contributed by atoms with E-state index in [4.69, 9.17) is 9.47 Å². The summed E-state index contributed by atoms with van der Waals surface area (Å²) < 4.78 is 10.2. The molecule has 0 saturated heterocycles. The second-order valence-electron chi connectivity index (χ2n) is 6.21. The average Bonchev–Trinajstić information content (AvgIpc) is 3.28. The highest BCUT2D eigenvalue weighted by atomic mass is 32.1. The molecule has 0 unspecified atom stereocenters. The van der Waals surface area contributed by atoms with Crippen molar-refractivity contribution in [1.82, 2.24) is 5.43 Å². The molecule has 0 fully saturated rings. The van der Waals surface area contributed by atoms with Crippen molar-refractivity contribution in [2.45, 2.75) is 26.2 Å². The van der Waals surface area contributed by atoms with Gasteiger partial charge in [-0.3, -0.25) is 9.59 Å². The second-order valence-corrected chi connectivity index (χ2v) is 7.32. The topological polar surface area (TPSA) is 106 Å². The number of hydrogen-bond acceptors (Lipinski definition) is 7. The number of nitrogens with zero attached hydrogens (tertiary/aromatic N) is 1. The molecule has 1 aliphatic rings. The summed E-state index contributed by atoms with van der Waals surface area (Å²) >= 11 is 1.31. The number of esters is 1. The molecule has 152 valence electrons. The van der Waals surface area contributed by atoms with Crippen LogP contribution in [0.3, 0.4) is 0 Å². The number of aryl methyl sites for hydroxylation is 1. The van der Waals surface area contributed by atoms with Crippen LogP contribution < -0.4 is 15.5 Å². The molecule has 0 spiro atoms. The maximum atomic E-state index is 12.3. The number of methoxy groups -OCH3 is 1. The number of hydrazone groups is 1. The van der Waals surface area contributed by atoms with Crippen molar-refractivity contribution in [3.8, 4) is 5.75 Å². The quantitative estimate of drug-likeness (QED) is 0.326. The summed E-state index contributed by atoms with van der Waals surface area (Å²) in [4.78, 5) is 37.7. The molecule has 9 heteroatoms. The Kier molecular flexibility index (Phi) is 6.61. The van der Waals surface area contributed by atoms with Gasteiger partial charge < -0.3 is 14.8 Å². The molecule has 1 aliphatic carbocycles. The number of benzene rings is 1. The number of fused-ring (bicyclic) bond motifs is 1. The van der Waals surface area contributed by atoms with Crippen molar-refractivity contribution in [3.63, 3.8) is 0 Å². The van der Waals surface area contributed by atoms with Crippen LogP contribution in [0.15, 0.2) is 29.4 Å². The van der Waals surface area contributed by atoms with Gasteiger partial charge >= 0.3 is 17.8 Å². The standard InChI is InChI=1S/C20H21N3O5S/c1-3-28-20(26)16-14-8-5-9-15(14)29-19(16)22-17(24)18(25)23-21-11-12-6-4-7-13(10-12)27-2/h4,6-7,10-11H,3,5,8-9H2,1-2H3,(H,22,24)(H,23,25). The highest BCUT2D eigenvalue weighted by Gasteiger charge is 2.29. The fourth-order valence-corrected chi connectivity index (χ4v) is 4.28. The molecule has 0 atom stereocenters. The van der Waals surface area contributed by atoms with E-state index in [2.05, 4.69) is 15.8 Å². The molecule has 8 nitrogen and oxygen atoms in total. The number of amides is 2. The van der Waals surface area contributed by atoms with Gasteiger partial charge in [0.2, 0.25) is 0 Å². The molecule has 3 rings (SSSR count). The number of hydrogen-bond donors (Lipinski definition) is 2. The molecular formula is C20H21N3O5S. The summed E-state index contributed by atoms with van der Waals surface area (Å²) in [5.41, 5.74) is 4.13. The average molecular weight is 415 g/mol. The molecule has 2 aromatic rings. The SMILES string of the molecule is CCOC(=O)c1c(NC(=O)C(=O)NN=Cc2cccc(OC)c2)sc2c1CCC2. The van der Waals surface area contributed by atoms with Crippen LogP contribution >= 0.6 is 11.3 Å². The van der Waals surface area contributed by atoms with E-state index in [1.165, 1.54) is 17.6 Å². The van der Waals surface area contributed by atoms with E-state index in [1.807, 2.05) is 0 Å². The molecule has 0 radical (unpaired) electrons. The fourth-order valence-electron chi connectivity index (χ4n) is 3.01. The summed E-state index contributed by atoms with van der Waals surface area (Å²) in [5.74, 6) is -1.68. The Labute approximate surface area is 171 Å². The predicted molar refractivity (Wildman–Crippen MR) is 110 cm³/mol. The second kappa shape index (κ2) is 9.33. The van der Waals surface area contributed by atoms with Crippen LogP contribution in [0, 0.1) is 0 Å². The van der Waals surface area contributed by atoms with Crippen LogP contribution in [-0.4, -0.2) is 37.7 Å². The molecular weight excluding hydrogens is 394 g/mol. The Morgan fingerprint density at radius 3 is 2.83 bits per heavy atom. The van der Waals surface area contributed by atoms with Crippen molar-refractivity contribution < 1.29 is 23.9 Å². The summed E-state index contributed by atoms with van der Waals surface area (Å²) in [6.07, 6.45) is 3.96. The molecule has 0 bridgehead atoms. The van der Waals surface area contributed by atoms with Crippen molar-refractivity contribution in [2.24, 2.45) is 5.10 Å². The number of anilines is 1. The van der Waals surface area contributed by atoms with Gasteiger partial charge in [0, 0.05) is 4.88 Å². The first-order valence-electron chi connectivity index (χ1n) is 9.13. The lowest BCUT2D eigenvalue weighted by atomic mass is 10.1. The van der Waals surface area contributed by atoms with Crippen LogP contribution in [-0.2, 0) is 27.2 Å². The lowest BCUT2D eigenvalue weighted by Gasteiger charge is -2.07. The first-order valence-corrected chi connectivity index (χ1v) is 9.95. The zero-order valence-corrected chi connectivity index (χ0v) is 16.9. The third kappa shape index (κ3) is 4.80. The minimum Gasteiger partial charge on any atom is -0.497 e. The zero-order chi connectivity index (χ0) is 20.8. The first-order chi connectivity index (χ1) is 14.0. The lowest BCUT2D eigenvalue weighted by molar-refractivity contribution is -0.136. The molecule has 1 heterocycles. The number of thiophene rings is 1. The number of carbonyl (C=O) groups is 3. The number of nitrogens with one attached hydrogen (secondary N) is 2. The fraction of sp³-hybridized carbons (Fsp3) is 0.300. The van der Waals surface area contributed by atoms with Crippen molar-refractivity contribution in [2.75, 3.05) is 19.0 Å². The Hall–Kier alpha value is -3.20. The van der Waals surface area contributed by atoms with Crippen LogP contribution in [0.1, 0.15) is 39.7 Å². The Morgan fingerprint density at radius 2 is 2.07 bits per heavy atom. The molecule has 0 saturated carbocycles. The smallest absolute Gasteiger partial charge is 0.341 e. The third-order valence-corrected chi connectivity index (χ3v) is 5.51. The van der Waals surface area contributed by atoms with Gasteiger partial charge in [-0.15, -0.1) is 11.3 Å². The highest BCUT2D eigenvalue weighted by Crippen LogP contribution is 2.39. The molecule has 2 amide bonds. The molecule has 1 aromatic carbocycles. The van der Waals surface area contributed by atoms with E-state index in [0.717, 1.165) is 29.7 Å². The Balaban J connectivity index is 1.66. The van der Waals surface area contributed by atoms with Gasteiger partial charge in [-0.1, -0.05) is 12.1 Å².